The molecule has 1 aliphatic rings. The molecule has 1 aromatic rings. The van der Waals surface area contributed by atoms with Crippen LogP contribution in [-0.4, -0.2) is 25.3 Å². The maximum absolute atomic E-state index is 9.17. The number of nitrogens with zero attached hydrogens (tertiary/aromatic N) is 2. The molecule has 1 heterocycles. The van der Waals surface area contributed by atoms with Crippen LogP contribution in [0.1, 0.15) is 19.4 Å². The maximum atomic E-state index is 9.17. The topological polar surface area (TPSA) is 62.3 Å². The van der Waals surface area contributed by atoms with Crippen molar-refractivity contribution in [3.05, 3.63) is 23.8 Å². The van der Waals surface area contributed by atoms with Crippen LogP contribution in [0.25, 0.3) is 0 Å². The summed E-state index contributed by atoms with van der Waals surface area (Å²) in [5.41, 5.74) is 7.84. The molecule has 2 atom stereocenters. The van der Waals surface area contributed by atoms with Gasteiger partial charge in [0.05, 0.1) is 29.1 Å². The molecule has 1 saturated heterocycles. The van der Waals surface area contributed by atoms with Crippen molar-refractivity contribution in [1.82, 2.24) is 0 Å². The molecule has 0 amide bonds. The standard InChI is InChI=1S/C13H17N3O/c1-9-7-16(8-10(2)17-9)13-5-3-4-12(15)11(13)6-14/h3-5,9-10H,7-8,15H2,1-2H3/t9-,10+. The van der Waals surface area contributed by atoms with Gasteiger partial charge in [0.2, 0.25) is 0 Å². The van der Waals surface area contributed by atoms with Crippen molar-refractivity contribution in [2.75, 3.05) is 23.7 Å². The van der Waals surface area contributed by atoms with E-state index < -0.39 is 0 Å². The summed E-state index contributed by atoms with van der Waals surface area (Å²) in [4.78, 5) is 2.17. The van der Waals surface area contributed by atoms with E-state index in [0.29, 0.717) is 11.3 Å². The van der Waals surface area contributed by atoms with Crippen LogP contribution in [0.5, 0.6) is 0 Å². The van der Waals surface area contributed by atoms with Crippen molar-refractivity contribution in [3.63, 3.8) is 0 Å². The molecule has 0 saturated carbocycles. The first kappa shape index (κ1) is 11.7. The first-order valence-electron chi connectivity index (χ1n) is 5.80. The van der Waals surface area contributed by atoms with Crippen molar-refractivity contribution in [1.29, 1.82) is 5.26 Å². The second kappa shape index (κ2) is 4.64. The highest BCUT2D eigenvalue weighted by Crippen LogP contribution is 2.27. The van der Waals surface area contributed by atoms with Gasteiger partial charge in [0.15, 0.2) is 0 Å². The van der Waals surface area contributed by atoms with Crippen molar-refractivity contribution in [3.8, 4) is 6.07 Å². The van der Waals surface area contributed by atoms with E-state index in [1.165, 1.54) is 0 Å². The third kappa shape index (κ3) is 2.34. The Morgan fingerprint density at radius 2 is 2.00 bits per heavy atom. The lowest BCUT2D eigenvalue weighted by atomic mass is 10.1. The van der Waals surface area contributed by atoms with Crippen LogP contribution in [0.2, 0.25) is 0 Å². The SMILES string of the molecule is C[C@@H]1CN(c2cccc(N)c2C#N)C[C@H](C)O1. The lowest BCUT2D eigenvalue weighted by molar-refractivity contribution is -0.00522. The van der Waals surface area contributed by atoms with Gasteiger partial charge in [-0.1, -0.05) is 6.07 Å². The number of nitrogens with two attached hydrogens (primary N) is 1. The molecule has 17 heavy (non-hydrogen) atoms. The van der Waals surface area contributed by atoms with Crippen LogP contribution >= 0.6 is 0 Å². The number of hydrogen-bond acceptors (Lipinski definition) is 4. The van der Waals surface area contributed by atoms with Gasteiger partial charge in [-0.2, -0.15) is 5.26 Å². The highest BCUT2D eigenvalue weighted by atomic mass is 16.5. The molecule has 0 aromatic heterocycles. The molecule has 0 spiro atoms. The molecule has 1 fully saturated rings. The Bertz CT molecular complexity index is 442. The van der Waals surface area contributed by atoms with Crippen molar-refractivity contribution < 1.29 is 4.74 Å². The van der Waals surface area contributed by atoms with Crippen LogP contribution in [0.4, 0.5) is 11.4 Å². The molecular weight excluding hydrogens is 214 g/mol. The van der Waals surface area contributed by atoms with E-state index in [1.807, 2.05) is 26.0 Å². The largest absolute Gasteiger partial charge is 0.398 e. The Balaban J connectivity index is 2.34. The second-order valence-corrected chi connectivity index (χ2v) is 4.52. The van der Waals surface area contributed by atoms with E-state index in [0.717, 1.165) is 18.8 Å². The van der Waals surface area contributed by atoms with Crippen LogP contribution in [0.3, 0.4) is 0 Å². The molecule has 1 aliphatic heterocycles. The summed E-state index contributed by atoms with van der Waals surface area (Å²) in [5, 5.41) is 9.17. The van der Waals surface area contributed by atoms with Gasteiger partial charge in [-0.05, 0) is 26.0 Å². The molecule has 4 heteroatoms. The zero-order chi connectivity index (χ0) is 12.4. The van der Waals surface area contributed by atoms with Crippen LogP contribution in [-0.2, 0) is 4.74 Å². The second-order valence-electron chi connectivity index (χ2n) is 4.52. The molecule has 2 N–H and O–H groups in total. The number of nitrogen functional groups attached to an aromatic ring is 1. The minimum absolute atomic E-state index is 0.173. The monoisotopic (exact) mass is 231 g/mol. The number of ether oxygens (including phenoxy) is 1. The number of rotatable bonds is 1. The predicted octanol–water partition coefficient (Wildman–Crippen LogP) is 1.75. The lowest BCUT2D eigenvalue weighted by Crippen LogP contribution is -2.45. The van der Waals surface area contributed by atoms with Gasteiger partial charge < -0.3 is 15.4 Å². The van der Waals surface area contributed by atoms with Gasteiger partial charge in [-0.15, -0.1) is 0 Å². The first-order chi connectivity index (χ1) is 8.11. The van der Waals surface area contributed by atoms with E-state index in [9.17, 15) is 5.26 Å². The molecule has 4 nitrogen and oxygen atoms in total. The third-order valence-corrected chi connectivity index (χ3v) is 2.95. The zero-order valence-corrected chi connectivity index (χ0v) is 10.2. The maximum Gasteiger partial charge on any atom is 0.104 e. The van der Waals surface area contributed by atoms with E-state index in [2.05, 4.69) is 11.0 Å². The van der Waals surface area contributed by atoms with Crippen molar-refractivity contribution >= 4 is 11.4 Å². The Morgan fingerprint density at radius 3 is 2.59 bits per heavy atom. The van der Waals surface area contributed by atoms with Crippen LogP contribution in [0, 0.1) is 11.3 Å². The van der Waals surface area contributed by atoms with Gasteiger partial charge in [0.1, 0.15) is 6.07 Å². The number of hydrogen-bond donors (Lipinski definition) is 1. The molecule has 0 unspecified atom stereocenters. The number of nitriles is 1. The molecule has 0 bridgehead atoms. The van der Waals surface area contributed by atoms with Crippen molar-refractivity contribution in [2.45, 2.75) is 26.1 Å². The molecular formula is C13H17N3O. The van der Waals surface area contributed by atoms with Gasteiger partial charge >= 0.3 is 0 Å². The summed E-state index contributed by atoms with van der Waals surface area (Å²) < 4.78 is 5.69. The fourth-order valence-corrected chi connectivity index (χ4v) is 2.32. The highest BCUT2D eigenvalue weighted by molar-refractivity contribution is 5.70. The summed E-state index contributed by atoms with van der Waals surface area (Å²) in [6.07, 6.45) is 0.346. The summed E-state index contributed by atoms with van der Waals surface area (Å²) in [6.45, 7) is 5.67. The predicted molar refractivity (Wildman–Crippen MR) is 67.8 cm³/mol. The summed E-state index contributed by atoms with van der Waals surface area (Å²) in [7, 11) is 0. The molecule has 1 aromatic carbocycles. The lowest BCUT2D eigenvalue weighted by Gasteiger charge is -2.37. The Labute approximate surface area is 102 Å². The Hall–Kier alpha value is -1.73. The third-order valence-electron chi connectivity index (χ3n) is 2.95. The Kier molecular flexibility index (Phi) is 3.21. The van der Waals surface area contributed by atoms with Gasteiger partial charge in [0.25, 0.3) is 0 Å². The summed E-state index contributed by atoms with van der Waals surface area (Å²) >= 11 is 0. The first-order valence-corrected chi connectivity index (χ1v) is 5.80. The fraction of sp³-hybridized carbons (Fsp3) is 0.462. The summed E-state index contributed by atoms with van der Waals surface area (Å²) in [5.74, 6) is 0. The van der Waals surface area contributed by atoms with Gasteiger partial charge in [-0.25, -0.2) is 0 Å². The molecule has 90 valence electrons. The van der Waals surface area contributed by atoms with Gasteiger partial charge in [0, 0.05) is 13.1 Å². The van der Waals surface area contributed by atoms with E-state index in [1.54, 1.807) is 6.07 Å². The molecule has 0 aliphatic carbocycles. The van der Waals surface area contributed by atoms with Crippen LogP contribution in [0.15, 0.2) is 18.2 Å². The number of morpholine rings is 1. The fourth-order valence-electron chi connectivity index (χ4n) is 2.32. The minimum atomic E-state index is 0.173. The highest BCUT2D eigenvalue weighted by Gasteiger charge is 2.24. The Morgan fingerprint density at radius 1 is 1.35 bits per heavy atom. The van der Waals surface area contributed by atoms with E-state index in [4.69, 9.17) is 10.5 Å². The molecule has 0 radical (unpaired) electrons. The van der Waals surface area contributed by atoms with Crippen LogP contribution < -0.4 is 10.6 Å². The smallest absolute Gasteiger partial charge is 0.104 e. The average Bonchev–Trinajstić information content (AvgIpc) is 2.27. The van der Waals surface area contributed by atoms with E-state index in [-0.39, 0.29) is 12.2 Å². The summed E-state index contributed by atoms with van der Waals surface area (Å²) in [6, 6.07) is 7.77. The minimum Gasteiger partial charge on any atom is -0.398 e. The van der Waals surface area contributed by atoms with Gasteiger partial charge in [-0.3, -0.25) is 0 Å². The quantitative estimate of drug-likeness (QED) is 0.748. The average molecular weight is 231 g/mol. The normalized spacial score (nSPS) is 24.4. The number of benzene rings is 1. The van der Waals surface area contributed by atoms with E-state index >= 15 is 0 Å². The molecule has 2 rings (SSSR count). The zero-order valence-electron chi connectivity index (χ0n) is 10.2. The number of anilines is 2. The van der Waals surface area contributed by atoms with Crippen molar-refractivity contribution in [2.24, 2.45) is 0 Å².